The monoisotopic (exact) mass is 198 g/mol. The van der Waals surface area contributed by atoms with E-state index in [2.05, 4.69) is 11.3 Å². The Labute approximate surface area is 72.8 Å². The number of halogens is 3. The Hall–Kier alpha value is -1.04. The molecule has 0 radical (unpaired) electrons. The maximum atomic E-state index is 11.6. The van der Waals surface area contributed by atoms with E-state index < -0.39 is 31.3 Å². The van der Waals surface area contributed by atoms with Gasteiger partial charge in [0.2, 0.25) is 0 Å². The maximum absolute atomic E-state index is 11.6. The molecule has 0 amide bonds. The summed E-state index contributed by atoms with van der Waals surface area (Å²) in [6.07, 6.45) is -6.76. The minimum atomic E-state index is -4.46. The van der Waals surface area contributed by atoms with Crippen LogP contribution in [-0.4, -0.2) is 30.0 Å². The topological polar surface area (TPSA) is 46.5 Å². The minimum absolute atomic E-state index is 0.676. The van der Waals surface area contributed by atoms with Gasteiger partial charge in [0.1, 0.15) is 6.61 Å². The Morgan fingerprint density at radius 3 is 2.54 bits per heavy atom. The van der Waals surface area contributed by atoms with Gasteiger partial charge in [-0.1, -0.05) is 6.58 Å². The number of aliphatic hydroxyl groups is 1. The second-order valence-electron chi connectivity index (χ2n) is 2.31. The van der Waals surface area contributed by atoms with Gasteiger partial charge >= 0.3 is 12.1 Å². The molecule has 0 aliphatic rings. The molecule has 0 saturated carbocycles. The fourth-order valence-corrected chi connectivity index (χ4v) is 0.563. The van der Waals surface area contributed by atoms with Crippen LogP contribution in [0.4, 0.5) is 13.2 Å². The smallest absolute Gasteiger partial charge is 0.391 e. The number of ether oxygens (including phenoxy) is 1. The molecule has 1 unspecified atom stereocenters. The molecular formula is C7H9F3O3. The lowest BCUT2D eigenvalue weighted by molar-refractivity contribution is -0.164. The standard InChI is InChI=1S/C7H9F3O3/c1-2-6(12)13-4-5(11)3-7(8,9)10/h2,5,11H,1,3-4H2. The molecule has 0 spiro atoms. The maximum Gasteiger partial charge on any atom is 0.391 e. The summed E-state index contributed by atoms with van der Waals surface area (Å²) in [6.45, 7) is 2.36. The number of alkyl halides is 3. The summed E-state index contributed by atoms with van der Waals surface area (Å²) < 4.78 is 39.0. The number of rotatable bonds is 4. The Balaban J connectivity index is 3.69. The first kappa shape index (κ1) is 12.0. The van der Waals surface area contributed by atoms with E-state index in [9.17, 15) is 18.0 Å². The van der Waals surface area contributed by atoms with Crippen LogP contribution in [0.5, 0.6) is 0 Å². The van der Waals surface area contributed by atoms with Gasteiger partial charge in [0.15, 0.2) is 0 Å². The second kappa shape index (κ2) is 4.86. The van der Waals surface area contributed by atoms with Crippen molar-refractivity contribution in [1.82, 2.24) is 0 Å². The van der Waals surface area contributed by atoms with Crippen molar-refractivity contribution >= 4 is 5.97 Å². The highest BCUT2D eigenvalue weighted by atomic mass is 19.4. The molecule has 6 heteroatoms. The largest absolute Gasteiger partial charge is 0.460 e. The SMILES string of the molecule is C=CC(=O)OCC(O)CC(F)(F)F. The van der Waals surface area contributed by atoms with Crippen molar-refractivity contribution in [3.63, 3.8) is 0 Å². The highest BCUT2D eigenvalue weighted by Crippen LogP contribution is 2.21. The van der Waals surface area contributed by atoms with Crippen molar-refractivity contribution in [3.8, 4) is 0 Å². The lowest BCUT2D eigenvalue weighted by Crippen LogP contribution is -2.24. The number of aliphatic hydroxyl groups excluding tert-OH is 1. The molecule has 0 aliphatic heterocycles. The Bertz CT molecular complexity index is 188. The minimum Gasteiger partial charge on any atom is -0.460 e. The Morgan fingerprint density at radius 2 is 2.15 bits per heavy atom. The third kappa shape index (κ3) is 7.32. The summed E-state index contributed by atoms with van der Waals surface area (Å²) in [4.78, 5) is 10.3. The van der Waals surface area contributed by atoms with Crippen molar-refractivity contribution in [3.05, 3.63) is 12.7 Å². The summed E-state index contributed by atoms with van der Waals surface area (Å²) in [5.41, 5.74) is 0. The average Bonchev–Trinajstić information content (AvgIpc) is 1.97. The van der Waals surface area contributed by atoms with Gasteiger partial charge < -0.3 is 9.84 Å². The van der Waals surface area contributed by atoms with Crippen LogP contribution >= 0.6 is 0 Å². The zero-order valence-corrected chi connectivity index (χ0v) is 6.67. The Morgan fingerprint density at radius 1 is 1.62 bits per heavy atom. The highest BCUT2D eigenvalue weighted by molar-refractivity contribution is 5.81. The third-order valence-corrected chi connectivity index (χ3v) is 1.05. The predicted molar refractivity (Wildman–Crippen MR) is 37.8 cm³/mol. The van der Waals surface area contributed by atoms with E-state index in [1.807, 2.05) is 0 Å². The number of carbonyl (C=O) groups excluding carboxylic acids is 1. The van der Waals surface area contributed by atoms with Gasteiger partial charge in [-0.25, -0.2) is 4.79 Å². The van der Waals surface area contributed by atoms with Crippen molar-refractivity contribution in [2.24, 2.45) is 0 Å². The van der Waals surface area contributed by atoms with Crippen LogP contribution in [0.15, 0.2) is 12.7 Å². The number of carbonyl (C=O) groups is 1. The average molecular weight is 198 g/mol. The van der Waals surface area contributed by atoms with Crippen molar-refractivity contribution in [2.45, 2.75) is 18.7 Å². The van der Waals surface area contributed by atoms with Crippen LogP contribution in [0.25, 0.3) is 0 Å². The van der Waals surface area contributed by atoms with Gasteiger partial charge in [-0.05, 0) is 0 Å². The molecule has 0 fully saturated rings. The van der Waals surface area contributed by atoms with Gasteiger partial charge in [-0.2, -0.15) is 13.2 Å². The van der Waals surface area contributed by atoms with E-state index in [1.54, 1.807) is 0 Å². The molecular weight excluding hydrogens is 189 g/mol. The molecule has 0 rings (SSSR count). The van der Waals surface area contributed by atoms with Gasteiger partial charge in [0, 0.05) is 6.08 Å². The van der Waals surface area contributed by atoms with Crippen LogP contribution in [0.3, 0.4) is 0 Å². The molecule has 3 nitrogen and oxygen atoms in total. The van der Waals surface area contributed by atoms with Crippen LogP contribution < -0.4 is 0 Å². The number of hydrogen-bond donors (Lipinski definition) is 1. The molecule has 0 aromatic rings. The lowest BCUT2D eigenvalue weighted by Gasteiger charge is -2.12. The van der Waals surface area contributed by atoms with E-state index in [0.29, 0.717) is 0 Å². The van der Waals surface area contributed by atoms with Crippen molar-refractivity contribution in [1.29, 1.82) is 0 Å². The van der Waals surface area contributed by atoms with E-state index in [0.717, 1.165) is 6.08 Å². The first-order valence-electron chi connectivity index (χ1n) is 3.39. The van der Waals surface area contributed by atoms with E-state index in [1.165, 1.54) is 0 Å². The van der Waals surface area contributed by atoms with Crippen molar-refractivity contribution in [2.75, 3.05) is 6.61 Å². The molecule has 0 saturated heterocycles. The predicted octanol–water partition coefficient (Wildman–Crippen LogP) is 1.03. The lowest BCUT2D eigenvalue weighted by atomic mass is 10.2. The van der Waals surface area contributed by atoms with Crippen LogP contribution in [0, 0.1) is 0 Å². The summed E-state index contributed by atoms with van der Waals surface area (Å²) in [7, 11) is 0. The summed E-state index contributed by atoms with van der Waals surface area (Å²) >= 11 is 0. The molecule has 0 aliphatic carbocycles. The number of hydrogen-bond acceptors (Lipinski definition) is 3. The first-order chi connectivity index (χ1) is 5.85. The van der Waals surface area contributed by atoms with E-state index >= 15 is 0 Å². The first-order valence-corrected chi connectivity index (χ1v) is 3.39. The van der Waals surface area contributed by atoms with Gasteiger partial charge in [-0.3, -0.25) is 0 Å². The summed E-state index contributed by atoms with van der Waals surface area (Å²) in [6, 6.07) is 0. The molecule has 76 valence electrons. The van der Waals surface area contributed by atoms with Crippen molar-refractivity contribution < 1.29 is 27.8 Å². The fourth-order valence-electron chi connectivity index (χ4n) is 0.563. The highest BCUT2D eigenvalue weighted by Gasteiger charge is 2.31. The quantitative estimate of drug-likeness (QED) is 0.542. The molecule has 1 atom stereocenters. The third-order valence-electron chi connectivity index (χ3n) is 1.05. The zero-order valence-electron chi connectivity index (χ0n) is 6.67. The van der Waals surface area contributed by atoms with E-state index in [-0.39, 0.29) is 0 Å². The molecule has 0 bridgehead atoms. The van der Waals surface area contributed by atoms with Gasteiger partial charge in [0.25, 0.3) is 0 Å². The molecule has 1 N–H and O–H groups in total. The second-order valence-corrected chi connectivity index (χ2v) is 2.31. The summed E-state index contributed by atoms with van der Waals surface area (Å²) in [5, 5.41) is 8.70. The normalized spacial score (nSPS) is 13.5. The van der Waals surface area contributed by atoms with Crippen LogP contribution in [0.1, 0.15) is 6.42 Å². The molecule has 0 aromatic heterocycles. The van der Waals surface area contributed by atoms with Crippen LogP contribution in [-0.2, 0) is 9.53 Å². The molecule has 0 aromatic carbocycles. The summed E-state index contributed by atoms with van der Waals surface area (Å²) in [5.74, 6) is -0.860. The van der Waals surface area contributed by atoms with E-state index in [4.69, 9.17) is 5.11 Å². The van der Waals surface area contributed by atoms with Gasteiger partial charge in [0.05, 0.1) is 12.5 Å². The zero-order chi connectivity index (χ0) is 10.5. The fraction of sp³-hybridized carbons (Fsp3) is 0.571. The molecule has 0 heterocycles. The van der Waals surface area contributed by atoms with Crippen LogP contribution in [0.2, 0.25) is 0 Å². The Kier molecular flexibility index (Phi) is 4.47. The van der Waals surface area contributed by atoms with Gasteiger partial charge in [-0.15, -0.1) is 0 Å². The molecule has 13 heavy (non-hydrogen) atoms. The number of esters is 1.